The highest BCUT2D eigenvalue weighted by molar-refractivity contribution is 5.84. The minimum atomic E-state index is -0.969. The maximum atomic E-state index is 12.0. The van der Waals surface area contributed by atoms with Crippen molar-refractivity contribution in [2.45, 2.75) is 38.6 Å². The lowest BCUT2D eigenvalue weighted by atomic mass is 10.0. The van der Waals surface area contributed by atoms with Crippen molar-refractivity contribution in [3.05, 3.63) is 0 Å². The Bertz CT molecular complexity index is 420. The highest BCUT2D eigenvalue weighted by Gasteiger charge is 2.39. The van der Waals surface area contributed by atoms with E-state index in [1.165, 1.54) is 4.90 Å². The molecule has 2 aliphatic rings. The molecule has 2 heterocycles. The summed E-state index contributed by atoms with van der Waals surface area (Å²) in [5, 5.41) is 11.8. The number of urea groups is 1. The molecule has 2 saturated heterocycles. The minimum Gasteiger partial charge on any atom is -0.480 e. The van der Waals surface area contributed by atoms with Gasteiger partial charge in [0.1, 0.15) is 6.04 Å². The van der Waals surface area contributed by atoms with Crippen molar-refractivity contribution in [2.75, 3.05) is 26.2 Å². The van der Waals surface area contributed by atoms with Crippen LogP contribution in [0.3, 0.4) is 0 Å². The molecule has 0 bridgehead atoms. The summed E-state index contributed by atoms with van der Waals surface area (Å²) in [6.07, 6.45) is 3.05. The summed E-state index contributed by atoms with van der Waals surface area (Å²) in [6.45, 7) is 4.15. The van der Waals surface area contributed by atoms with E-state index in [0.717, 1.165) is 25.9 Å². The Morgan fingerprint density at radius 2 is 1.86 bits per heavy atom. The predicted molar refractivity (Wildman–Crippen MR) is 75.7 cm³/mol. The van der Waals surface area contributed by atoms with E-state index in [0.29, 0.717) is 13.0 Å². The summed E-state index contributed by atoms with van der Waals surface area (Å²) in [5.41, 5.74) is 0. The molecule has 7 nitrogen and oxygen atoms in total. The average molecular weight is 297 g/mol. The third-order valence-corrected chi connectivity index (χ3v) is 4.29. The first kappa shape index (κ1) is 15.6. The standard InChI is InChI=1S/C14H23N3O4/c1-10-5-9-17(12(10)13(19)20)14(21)15-6-4-11(18)16-7-2-3-8-16/h10,12H,2-9H2,1H3,(H,15,21)(H,19,20). The third kappa shape index (κ3) is 3.65. The zero-order valence-electron chi connectivity index (χ0n) is 12.4. The van der Waals surface area contributed by atoms with Gasteiger partial charge in [0.2, 0.25) is 5.91 Å². The molecule has 3 amide bonds. The number of nitrogens with one attached hydrogen (secondary N) is 1. The maximum absolute atomic E-state index is 12.0. The van der Waals surface area contributed by atoms with Crippen LogP contribution >= 0.6 is 0 Å². The number of amides is 3. The third-order valence-electron chi connectivity index (χ3n) is 4.29. The SMILES string of the molecule is CC1CCN(C(=O)NCCC(=O)N2CCCC2)C1C(=O)O. The number of carboxylic acids is 1. The molecule has 2 atom stereocenters. The highest BCUT2D eigenvalue weighted by Crippen LogP contribution is 2.23. The molecule has 2 rings (SSSR count). The Kier molecular flexibility index (Phi) is 5.03. The van der Waals surface area contributed by atoms with Crippen LogP contribution in [-0.2, 0) is 9.59 Å². The van der Waals surface area contributed by atoms with Gasteiger partial charge in [-0.05, 0) is 25.2 Å². The topological polar surface area (TPSA) is 90.0 Å². The van der Waals surface area contributed by atoms with Crippen LogP contribution in [0.4, 0.5) is 4.79 Å². The Morgan fingerprint density at radius 1 is 1.19 bits per heavy atom. The van der Waals surface area contributed by atoms with Gasteiger partial charge >= 0.3 is 12.0 Å². The van der Waals surface area contributed by atoms with Crippen molar-refractivity contribution in [1.82, 2.24) is 15.1 Å². The summed E-state index contributed by atoms with van der Waals surface area (Å²) < 4.78 is 0. The van der Waals surface area contributed by atoms with E-state index in [4.69, 9.17) is 0 Å². The van der Waals surface area contributed by atoms with Crippen molar-refractivity contribution < 1.29 is 19.5 Å². The summed E-state index contributed by atoms with van der Waals surface area (Å²) in [6, 6.07) is -1.15. The molecule has 2 unspecified atom stereocenters. The largest absolute Gasteiger partial charge is 0.480 e. The fraction of sp³-hybridized carbons (Fsp3) is 0.786. The quantitative estimate of drug-likeness (QED) is 0.791. The van der Waals surface area contributed by atoms with Crippen molar-refractivity contribution in [1.29, 1.82) is 0 Å². The number of carboxylic acid groups (broad SMARTS) is 1. The minimum absolute atomic E-state index is 0.0421. The number of likely N-dealkylation sites (tertiary alicyclic amines) is 2. The fourth-order valence-electron chi connectivity index (χ4n) is 3.05. The van der Waals surface area contributed by atoms with E-state index in [1.54, 1.807) is 0 Å². The van der Waals surface area contributed by atoms with Gasteiger partial charge in [0, 0.05) is 32.6 Å². The molecule has 2 aliphatic heterocycles. The van der Waals surface area contributed by atoms with Gasteiger partial charge in [0.25, 0.3) is 0 Å². The number of carbonyl (C=O) groups is 3. The molecule has 0 aliphatic carbocycles. The lowest BCUT2D eigenvalue weighted by molar-refractivity contribution is -0.142. The van der Waals surface area contributed by atoms with Crippen LogP contribution in [0, 0.1) is 5.92 Å². The monoisotopic (exact) mass is 297 g/mol. The summed E-state index contributed by atoms with van der Waals surface area (Å²) >= 11 is 0. The van der Waals surface area contributed by atoms with Crippen LogP contribution in [0.15, 0.2) is 0 Å². The van der Waals surface area contributed by atoms with E-state index < -0.39 is 12.0 Å². The Balaban J connectivity index is 1.76. The zero-order chi connectivity index (χ0) is 15.4. The van der Waals surface area contributed by atoms with Crippen molar-refractivity contribution in [3.63, 3.8) is 0 Å². The van der Waals surface area contributed by atoms with Gasteiger partial charge in [-0.2, -0.15) is 0 Å². The zero-order valence-corrected chi connectivity index (χ0v) is 12.4. The molecule has 0 aromatic carbocycles. The molecule has 2 N–H and O–H groups in total. The van der Waals surface area contributed by atoms with Gasteiger partial charge in [-0.3, -0.25) is 4.79 Å². The van der Waals surface area contributed by atoms with Crippen LogP contribution in [0.1, 0.15) is 32.6 Å². The second-order valence-electron chi connectivity index (χ2n) is 5.81. The molecule has 118 valence electrons. The molecule has 0 radical (unpaired) electrons. The Hall–Kier alpha value is -1.79. The van der Waals surface area contributed by atoms with Gasteiger partial charge in [-0.1, -0.05) is 6.92 Å². The van der Waals surface area contributed by atoms with E-state index in [2.05, 4.69) is 5.32 Å². The molecule has 0 spiro atoms. The van der Waals surface area contributed by atoms with Crippen molar-refractivity contribution in [3.8, 4) is 0 Å². The average Bonchev–Trinajstić information content (AvgIpc) is 3.07. The second-order valence-corrected chi connectivity index (χ2v) is 5.81. The molecule has 0 saturated carbocycles. The number of hydrogen-bond donors (Lipinski definition) is 2. The van der Waals surface area contributed by atoms with Crippen molar-refractivity contribution >= 4 is 17.9 Å². The summed E-state index contributed by atoms with van der Waals surface area (Å²) in [4.78, 5) is 38.2. The van der Waals surface area contributed by atoms with E-state index in [-0.39, 0.29) is 30.8 Å². The number of nitrogens with zero attached hydrogens (tertiary/aromatic N) is 2. The maximum Gasteiger partial charge on any atom is 0.326 e. The van der Waals surface area contributed by atoms with Crippen LogP contribution < -0.4 is 5.32 Å². The first-order chi connectivity index (χ1) is 10.0. The van der Waals surface area contributed by atoms with Gasteiger partial charge in [-0.15, -0.1) is 0 Å². The lowest BCUT2D eigenvalue weighted by Gasteiger charge is -2.24. The molecule has 21 heavy (non-hydrogen) atoms. The van der Waals surface area contributed by atoms with Gasteiger partial charge in [0.05, 0.1) is 0 Å². The molecule has 2 fully saturated rings. The molecule has 0 aromatic heterocycles. The van der Waals surface area contributed by atoms with Crippen LogP contribution in [0.5, 0.6) is 0 Å². The highest BCUT2D eigenvalue weighted by atomic mass is 16.4. The lowest BCUT2D eigenvalue weighted by Crippen LogP contribution is -2.48. The number of rotatable bonds is 4. The first-order valence-electron chi connectivity index (χ1n) is 7.55. The normalized spacial score (nSPS) is 25.2. The van der Waals surface area contributed by atoms with Gasteiger partial charge < -0.3 is 20.2 Å². The molecule has 0 aromatic rings. The van der Waals surface area contributed by atoms with Gasteiger partial charge in [0.15, 0.2) is 0 Å². The van der Waals surface area contributed by atoms with Crippen LogP contribution in [0.2, 0.25) is 0 Å². The van der Waals surface area contributed by atoms with Crippen LogP contribution in [-0.4, -0.2) is 65.0 Å². The molecule has 7 heteroatoms. The Labute approximate surface area is 124 Å². The van der Waals surface area contributed by atoms with E-state index in [9.17, 15) is 19.5 Å². The number of hydrogen-bond acceptors (Lipinski definition) is 3. The van der Waals surface area contributed by atoms with E-state index >= 15 is 0 Å². The summed E-state index contributed by atoms with van der Waals surface area (Å²) in [5.74, 6) is -0.958. The Morgan fingerprint density at radius 3 is 2.48 bits per heavy atom. The number of carbonyl (C=O) groups excluding carboxylic acids is 2. The van der Waals surface area contributed by atoms with E-state index in [1.807, 2.05) is 11.8 Å². The van der Waals surface area contributed by atoms with Crippen LogP contribution in [0.25, 0.3) is 0 Å². The summed E-state index contributed by atoms with van der Waals surface area (Å²) in [7, 11) is 0. The first-order valence-corrected chi connectivity index (χ1v) is 7.55. The second kappa shape index (κ2) is 6.78. The number of aliphatic carboxylic acids is 1. The van der Waals surface area contributed by atoms with Gasteiger partial charge in [-0.25, -0.2) is 9.59 Å². The smallest absolute Gasteiger partial charge is 0.326 e. The molecular formula is C14H23N3O4. The van der Waals surface area contributed by atoms with Crippen molar-refractivity contribution in [2.24, 2.45) is 5.92 Å². The molecular weight excluding hydrogens is 274 g/mol. The predicted octanol–water partition coefficient (Wildman–Crippen LogP) is 0.504. The fourth-order valence-corrected chi connectivity index (χ4v) is 3.05.